The van der Waals surface area contributed by atoms with Crippen molar-refractivity contribution < 1.29 is 0 Å². The predicted octanol–water partition coefficient (Wildman–Crippen LogP) is 20.3. The lowest BCUT2D eigenvalue weighted by Gasteiger charge is -2.42. The van der Waals surface area contributed by atoms with Gasteiger partial charge in [-0.2, -0.15) is 0 Å². The van der Waals surface area contributed by atoms with E-state index in [1.807, 2.05) is 34.8 Å². The summed E-state index contributed by atoms with van der Waals surface area (Å²) < 4.78 is 5.22. The molecular formula is C76H46N4S2. The summed E-state index contributed by atoms with van der Waals surface area (Å²) in [6, 6.07) is 96.8. The standard InChI is InChI=1S/C76H46N4S2/c1-3-15-49(16-4-1)75-77-63(47-33-29-45(30-34-47)53-23-13-27-69-73(53)59-21-9-11-25-67(59)81-69)43-65(79-75)51-37-39-57-61(41-51)71-55-19-7-8-20-56(55)72(57)62-42-52(38-40-58(62)71)66-44-64(78-76(80-66)50-17-5-2-6-18-50)48-35-31-46(32-36-48)54-24-14-28-70-74(54)60-22-10-12-26-68(60)82-70/h1-44,71-72H. The Morgan fingerprint density at radius 2 is 0.573 bits per heavy atom. The summed E-state index contributed by atoms with van der Waals surface area (Å²) in [5.74, 6) is 1.50. The van der Waals surface area contributed by atoms with Gasteiger partial charge in [-0.3, -0.25) is 0 Å². The average molecular weight is 1080 g/mol. The molecule has 82 heavy (non-hydrogen) atoms. The number of hydrogen-bond acceptors (Lipinski definition) is 6. The van der Waals surface area contributed by atoms with Crippen LogP contribution in [0.5, 0.6) is 0 Å². The quantitative estimate of drug-likeness (QED) is 0.152. The average Bonchev–Trinajstić information content (AvgIpc) is 4.06. The van der Waals surface area contributed by atoms with Crippen LogP contribution in [-0.4, -0.2) is 19.9 Å². The molecule has 0 saturated heterocycles. The molecule has 4 aromatic heterocycles. The first kappa shape index (κ1) is 46.9. The molecule has 0 radical (unpaired) electrons. The molecule has 18 rings (SSSR count). The molecule has 382 valence electrons. The Kier molecular flexibility index (Phi) is 10.8. The molecule has 0 aliphatic heterocycles. The predicted molar refractivity (Wildman–Crippen MR) is 342 cm³/mol. The maximum Gasteiger partial charge on any atom is 0.160 e. The fourth-order valence-corrected chi connectivity index (χ4v) is 15.4. The number of hydrogen-bond donors (Lipinski definition) is 0. The summed E-state index contributed by atoms with van der Waals surface area (Å²) in [6.07, 6.45) is 0. The lowest BCUT2D eigenvalue weighted by atomic mass is 9.60. The fraction of sp³-hybridized carbons (Fsp3) is 0.0263. The van der Waals surface area contributed by atoms with E-state index < -0.39 is 0 Å². The highest BCUT2D eigenvalue weighted by Crippen LogP contribution is 2.57. The first-order valence-corrected chi connectivity index (χ1v) is 29.5. The monoisotopic (exact) mass is 1080 g/mol. The highest BCUT2D eigenvalue weighted by molar-refractivity contribution is 7.26. The molecule has 2 unspecified atom stereocenters. The van der Waals surface area contributed by atoms with Gasteiger partial charge in [-0.15, -0.1) is 22.7 Å². The van der Waals surface area contributed by atoms with Crippen molar-refractivity contribution in [3.63, 3.8) is 0 Å². The fourth-order valence-electron chi connectivity index (χ4n) is 13.1. The number of nitrogens with zero attached hydrogens (tertiary/aromatic N) is 4. The summed E-state index contributed by atoms with van der Waals surface area (Å²) in [7, 11) is 0. The van der Waals surface area contributed by atoms with Crippen molar-refractivity contribution in [1.29, 1.82) is 0 Å². The van der Waals surface area contributed by atoms with Crippen LogP contribution in [0.25, 0.3) is 130 Å². The van der Waals surface area contributed by atoms with Gasteiger partial charge in [0.2, 0.25) is 0 Å². The SMILES string of the molecule is c1ccc(-c2nc(-c3ccc(-c4cccc5sc6ccccc6c45)cc3)cc(-c3ccc4c(c3)C3c5ccccc5C4c4cc(-c5cc(-c6ccc(-c7cccc8sc9ccccc9c78)cc6)nc(-c6ccccc6)n5)ccc43)n2)cc1. The highest BCUT2D eigenvalue weighted by atomic mass is 32.1. The van der Waals surface area contributed by atoms with Gasteiger partial charge in [-0.05, 0) is 104 Å². The second kappa shape index (κ2) is 18.8. The molecule has 0 N–H and O–H groups in total. The van der Waals surface area contributed by atoms with E-state index in [0.717, 1.165) is 56.2 Å². The van der Waals surface area contributed by atoms with Crippen LogP contribution in [0.15, 0.2) is 267 Å². The van der Waals surface area contributed by atoms with Crippen LogP contribution in [0.1, 0.15) is 45.2 Å². The molecule has 15 aromatic rings. The zero-order valence-corrected chi connectivity index (χ0v) is 45.8. The largest absolute Gasteiger partial charge is 0.228 e. The Hall–Kier alpha value is -9.98. The van der Waals surface area contributed by atoms with Gasteiger partial charge in [0.15, 0.2) is 11.6 Å². The lowest BCUT2D eigenvalue weighted by Crippen LogP contribution is -2.27. The molecule has 2 bridgehead atoms. The second-order valence-electron chi connectivity index (χ2n) is 21.5. The summed E-state index contributed by atoms with van der Waals surface area (Å²) in [5.41, 5.74) is 22.7. The van der Waals surface area contributed by atoms with Gasteiger partial charge >= 0.3 is 0 Å². The van der Waals surface area contributed by atoms with Crippen molar-refractivity contribution in [3.8, 4) is 90.1 Å². The van der Waals surface area contributed by atoms with Gasteiger partial charge in [-0.25, -0.2) is 19.9 Å². The summed E-state index contributed by atoms with van der Waals surface area (Å²) in [4.78, 5) is 21.2. The minimum absolute atomic E-state index is 0.0460. The molecule has 0 spiro atoms. The Morgan fingerprint density at radius 3 is 1.01 bits per heavy atom. The normalized spacial score (nSPS) is 14.1. The van der Waals surface area contributed by atoms with Crippen molar-refractivity contribution in [1.82, 2.24) is 19.9 Å². The maximum atomic E-state index is 5.34. The van der Waals surface area contributed by atoms with Gasteiger partial charge in [0.25, 0.3) is 0 Å². The van der Waals surface area contributed by atoms with E-state index in [1.54, 1.807) is 0 Å². The van der Waals surface area contributed by atoms with Crippen molar-refractivity contribution in [2.75, 3.05) is 0 Å². The van der Waals surface area contributed by atoms with Crippen LogP contribution in [0, 0.1) is 0 Å². The number of benzene rings is 11. The molecule has 0 saturated carbocycles. The Labute approximate surface area is 482 Å². The third kappa shape index (κ3) is 7.63. The molecular weight excluding hydrogens is 1030 g/mol. The van der Waals surface area contributed by atoms with Crippen molar-refractivity contribution in [3.05, 3.63) is 300 Å². The van der Waals surface area contributed by atoms with Crippen LogP contribution in [0.2, 0.25) is 0 Å². The van der Waals surface area contributed by atoms with Gasteiger partial charge in [0, 0.05) is 85.6 Å². The van der Waals surface area contributed by atoms with Crippen LogP contribution in [0.3, 0.4) is 0 Å². The molecule has 3 aliphatic rings. The van der Waals surface area contributed by atoms with Gasteiger partial charge in [0.05, 0.1) is 22.8 Å². The van der Waals surface area contributed by atoms with Crippen LogP contribution < -0.4 is 0 Å². The van der Waals surface area contributed by atoms with Crippen molar-refractivity contribution in [2.24, 2.45) is 0 Å². The maximum absolute atomic E-state index is 5.34. The number of thiophene rings is 2. The van der Waals surface area contributed by atoms with E-state index in [0.29, 0.717) is 11.6 Å². The van der Waals surface area contributed by atoms with E-state index in [9.17, 15) is 0 Å². The Balaban J connectivity index is 0.743. The third-order valence-electron chi connectivity index (χ3n) is 16.9. The van der Waals surface area contributed by atoms with E-state index in [-0.39, 0.29) is 11.8 Å². The topological polar surface area (TPSA) is 51.6 Å². The van der Waals surface area contributed by atoms with Gasteiger partial charge in [-0.1, -0.05) is 218 Å². The summed E-state index contributed by atoms with van der Waals surface area (Å²) in [6.45, 7) is 0. The highest BCUT2D eigenvalue weighted by Gasteiger charge is 2.41. The lowest BCUT2D eigenvalue weighted by molar-refractivity contribution is 0.755. The Bertz CT molecular complexity index is 4720. The number of rotatable bonds is 8. The molecule has 4 heterocycles. The van der Waals surface area contributed by atoms with Crippen molar-refractivity contribution in [2.45, 2.75) is 11.8 Å². The molecule has 11 aromatic carbocycles. The molecule has 0 fully saturated rings. The minimum Gasteiger partial charge on any atom is -0.228 e. The van der Waals surface area contributed by atoms with E-state index in [4.69, 9.17) is 19.9 Å². The first-order chi connectivity index (χ1) is 40.6. The summed E-state index contributed by atoms with van der Waals surface area (Å²) >= 11 is 3.71. The number of fused-ring (bicyclic) bond motifs is 6. The summed E-state index contributed by atoms with van der Waals surface area (Å²) in [5, 5.41) is 5.22. The van der Waals surface area contributed by atoms with E-state index >= 15 is 0 Å². The zero-order valence-electron chi connectivity index (χ0n) is 44.2. The van der Waals surface area contributed by atoms with Gasteiger partial charge < -0.3 is 0 Å². The molecule has 3 aliphatic carbocycles. The zero-order chi connectivity index (χ0) is 53.8. The Morgan fingerprint density at radius 1 is 0.232 bits per heavy atom. The van der Waals surface area contributed by atoms with Gasteiger partial charge in [0.1, 0.15) is 0 Å². The first-order valence-electron chi connectivity index (χ1n) is 27.9. The van der Waals surface area contributed by atoms with Crippen LogP contribution >= 0.6 is 22.7 Å². The molecule has 0 amide bonds. The smallest absolute Gasteiger partial charge is 0.160 e. The van der Waals surface area contributed by atoms with Crippen LogP contribution in [0.4, 0.5) is 0 Å². The minimum atomic E-state index is 0.0460. The van der Waals surface area contributed by atoms with Crippen LogP contribution in [-0.2, 0) is 0 Å². The van der Waals surface area contributed by atoms with E-state index in [1.165, 1.54) is 96.0 Å². The van der Waals surface area contributed by atoms with Crippen molar-refractivity contribution >= 4 is 63.0 Å². The van der Waals surface area contributed by atoms with E-state index in [2.05, 4.69) is 255 Å². The molecule has 2 atom stereocenters. The molecule has 6 heteroatoms. The third-order valence-corrected chi connectivity index (χ3v) is 19.2. The second-order valence-corrected chi connectivity index (χ2v) is 23.7. The number of aromatic nitrogens is 4. The molecule has 4 nitrogen and oxygen atoms in total.